The van der Waals surface area contributed by atoms with Crippen LogP contribution in [0.5, 0.6) is 0 Å². The first-order chi connectivity index (χ1) is 8.22. The van der Waals surface area contributed by atoms with E-state index in [4.69, 9.17) is 4.74 Å². The van der Waals surface area contributed by atoms with Gasteiger partial charge >= 0.3 is 0 Å². The molecule has 92 valence electrons. The molecular formula is C14H18BrNO. The van der Waals surface area contributed by atoms with Crippen LogP contribution in [0.1, 0.15) is 17.5 Å². The zero-order valence-electron chi connectivity index (χ0n) is 10.1. The van der Waals surface area contributed by atoms with Gasteiger partial charge in [-0.3, -0.25) is 0 Å². The zero-order valence-corrected chi connectivity index (χ0v) is 11.7. The summed E-state index contributed by atoms with van der Waals surface area (Å²) in [7, 11) is 0. The van der Waals surface area contributed by atoms with Gasteiger partial charge in [-0.15, -0.1) is 0 Å². The molecule has 3 heteroatoms. The summed E-state index contributed by atoms with van der Waals surface area (Å²) in [5.41, 5.74) is 3.13. The van der Waals surface area contributed by atoms with Gasteiger partial charge in [-0.25, -0.2) is 0 Å². The fraction of sp³-hybridized carbons (Fsp3) is 0.571. The molecule has 2 nitrogen and oxygen atoms in total. The maximum atomic E-state index is 5.56. The first-order valence-electron chi connectivity index (χ1n) is 6.27. The molecular weight excluding hydrogens is 278 g/mol. The summed E-state index contributed by atoms with van der Waals surface area (Å²) in [6.07, 6.45) is 1.27. The van der Waals surface area contributed by atoms with E-state index in [1.807, 2.05) is 0 Å². The van der Waals surface area contributed by atoms with E-state index in [0.29, 0.717) is 0 Å². The van der Waals surface area contributed by atoms with Crippen molar-refractivity contribution in [2.75, 3.05) is 26.3 Å². The molecule has 2 fully saturated rings. The van der Waals surface area contributed by atoms with Crippen LogP contribution in [0.2, 0.25) is 0 Å². The molecule has 17 heavy (non-hydrogen) atoms. The predicted molar refractivity (Wildman–Crippen MR) is 72.4 cm³/mol. The van der Waals surface area contributed by atoms with Gasteiger partial charge in [-0.05, 0) is 55.6 Å². The lowest BCUT2D eigenvalue weighted by Gasteiger charge is -2.47. The number of benzene rings is 1. The highest BCUT2D eigenvalue weighted by molar-refractivity contribution is 9.10. The first-order valence-corrected chi connectivity index (χ1v) is 7.07. The van der Waals surface area contributed by atoms with Crippen molar-refractivity contribution >= 4 is 15.9 Å². The number of rotatable bonds is 2. The van der Waals surface area contributed by atoms with E-state index < -0.39 is 0 Å². The average Bonchev–Trinajstić information content (AvgIpc) is 2.75. The van der Waals surface area contributed by atoms with Crippen LogP contribution >= 0.6 is 15.9 Å². The minimum absolute atomic E-state index is 0.261. The van der Waals surface area contributed by atoms with Crippen LogP contribution in [0.3, 0.4) is 0 Å². The Morgan fingerprint density at radius 1 is 1.41 bits per heavy atom. The first kappa shape index (κ1) is 11.7. The molecule has 2 aliphatic heterocycles. The lowest BCUT2D eigenvalue weighted by molar-refractivity contribution is -0.0872. The van der Waals surface area contributed by atoms with Crippen molar-refractivity contribution in [1.29, 1.82) is 0 Å². The molecule has 0 radical (unpaired) electrons. The molecule has 1 atom stereocenters. The maximum Gasteiger partial charge on any atom is 0.0588 e. The Kier molecular flexibility index (Phi) is 3.01. The van der Waals surface area contributed by atoms with E-state index in [2.05, 4.69) is 46.4 Å². The number of hydrogen-bond acceptors (Lipinski definition) is 2. The van der Waals surface area contributed by atoms with Crippen molar-refractivity contribution in [2.45, 2.75) is 18.8 Å². The lowest BCUT2D eigenvalue weighted by Crippen LogP contribution is -2.53. The Hall–Kier alpha value is -0.380. The van der Waals surface area contributed by atoms with Gasteiger partial charge in [0.2, 0.25) is 0 Å². The van der Waals surface area contributed by atoms with Crippen molar-refractivity contribution in [3.8, 4) is 0 Å². The summed E-state index contributed by atoms with van der Waals surface area (Å²) < 4.78 is 6.73. The molecule has 0 saturated carbocycles. The van der Waals surface area contributed by atoms with Crippen molar-refractivity contribution in [1.82, 2.24) is 5.32 Å². The van der Waals surface area contributed by atoms with E-state index in [0.717, 1.165) is 32.2 Å². The second kappa shape index (κ2) is 4.38. The van der Waals surface area contributed by atoms with E-state index >= 15 is 0 Å². The topological polar surface area (TPSA) is 21.3 Å². The van der Waals surface area contributed by atoms with Crippen LogP contribution in [-0.2, 0) is 10.2 Å². The second-order valence-electron chi connectivity index (χ2n) is 5.30. The van der Waals surface area contributed by atoms with E-state index in [1.165, 1.54) is 22.0 Å². The average molecular weight is 296 g/mol. The molecule has 0 bridgehead atoms. The molecule has 2 aliphatic rings. The third-order valence-corrected chi connectivity index (χ3v) is 4.79. The van der Waals surface area contributed by atoms with Crippen LogP contribution in [0, 0.1) is 12.8 Å². The quantitative estimate of drug-likeness (QED) is 0.906. The lowest BCUT2D eigenvalue weighted by atomic mass is 9.67. The highest BCUT2D eigenvalue weighted by atomic mass is 79.9. The Morgan fingerprint density at radius 3 is 2.82 bits per heavy atom. The van der Waals surface area contributed by atoms with E-state index in [9.17, 15) is 0 Å². The van der Waals surface area contributed by atoms with Crippen LogP contribution in [0.25, 0.3) is 0 Å². The number of hydrogen-bond donors (Lipinski definition) is 1. The van der Waals surface area contributed by atoms with Crippen LogP contribution < -0.4 is 5.32 Å². The molecule has 0 spiro atoms. The smallest absolute Gasteiger partial charge is 0.0588 e. The molecule has 3 rings (SSSR count). The second-order valence-corrected chi connectivity index (χ2v) is 6.21. The van der Waals surface area contributed by atoms with Gasteiger partial charge in [0.05, 0.1) is 13.2 Å². The minimum atomic E-state index is 0.261. The van der Waals surface area contributed by atoms with Gasteiger partial charge in [0.15, 0.2) is 0 Å². The normalized spacial score (nSPS) is 26.8. The molecule has 2 saturated heterocycles. The third kappa shape index (κ3) is 1.85. The Balaban J connectivity index is 2.01. The standard InChI is InChI=1S/C14H18BrNO/c1-10-2-3-12(15)6-13(10)14(8-17-9-14)11-4-5-16-7-11/h2-3,6,11,16H,4-5,7-9H2,1H3. The van der Waals surface area contributed by atoms with E-state index in [1.54, 1.807) is 0 Å². The zero-order chi connectivity index (χ0) is 11.9. The van der Waals surface area contributed by atoms with Gasteiger partial charge < -0.3 is 10.1 Å². The number of aryl methyl sites for hydroxylation is 1. The van der Waals surface area contributed by atoms with Gasteiger partial charge in [0, 0.05) is 9.89 Å². The van der Waals surface area contributed by atoms with Crippen molar-refractivity contribution in [3.63, 3.8) is 0 Å². The molecule has 0 aliphatic carbocycles. The van der Waals surface area contributed by atoms with Gasteiger partial charge in [0.25, 0.3) is 0 Å². The van der Waals surface area contributed by atoms with E-state index in [-0.39, 0.29) is 5.41 Å². The number of ether oxygens (including phenoxy) is 1. The number of nitrogens with one attached hydrogen (secondary N) is 1. The summed E-state index contributed by atoms with van der Waals surface area (Å²) in [5, 5.41) is 3.48. The Bertz CT molecular complexity index is 422. The summed E-state index contributed by atoms with van der Waals surface area (Å²) in [5.74, 6) is 0.726. The summed E-state index contributed by atoms with van der Waals surface area (Å²) in [4.78, 5) is 0. The monoisotopic (exact) mass is 295 g/mol. The molecule has 1 aromatic carbocycles. The summed E-state index contributed by atoms with van der Waals surface area (Å²) in [6, 6.07) is 6.62. The highest BCUT2D eigenvalue weighted by Crippen LogP contribution is 2.44. The summed E-state index contributed by atoms with van der Waals surface area (Å²) in [6.45, 7) is 6.27. The van der Waals surface area contributed by atoms with Gasteiger partial charge in [0.1, 0.15) is 0 Å². The van der Waals surface area contributed by atoms with Gasteiger partial charge in [-0.2, -0.15) is 0 Å². The molecule has 1 aromatic rings. The SMILES string of the molecule is Cc1ccc(Br)cc1C1(C2CCNC2)COC1. The predicted octanol–water partition coefficient (Wildman–Crippen LogP) is 2.64. The highest BCUT2D eigenvalue weighted by Gasteiger charge is 2.48. The van der Waals surface area contributed by atoms with Crippen LogP contribution in [0.15, 0.2) is 22.7 Å². The van der Waals surface area contributed by atoms with Gasteiger partial charge in [-0.1, -0.05) is 22.0 Å². The molecule has 1 unspecified atom stereocenters. The third-order valence-electron chi connectivity index (χ3n) is 4.30. The Morgan fingerprint density at radius 2 is 2.24 bits per heavy atom. The van der Waals surface area contributed by atoms with Crippen molar-refractivity contribution in [2.24, 2.45) is 5.92 Å². The minimum Gasteiger partial charge on any atom is -0.379 e. The van der Waals surface area contributed by atoms with Crippen LogP contribution in [0.4, 0.5) is 0 Å². The Labute approximate surface area is 111 Å². The van der Waals surface area contributed by atoms with Crippen LogP contribution in [-0.4, -0.2) is 26.3 Å². The number of halogens is 1. The molecule has 0 aromatic heterocycles. The largest absolute Gasteiger partial charge is 0.379 e. The molecule has 2 heterocycles. The van der Waals surface area contributed by atoms with Crippen molar-refractivity contribution in [3.05, 3.63) is 33.8 Å². The molecule has 1 N–H and O–H groups in total. The summed E-state index contributed by atoms with van der Waals surface area (Å²) >= 11 is 3.59. The fourth-order valence-corrected chi connectivity index (χ4v) is 3.55. The maximum absolute atomic E-state index is 5.56. The fourth-order valence-electron chi connectivity index (χ4n) is 3.19. The van der Waals surface area contributed by atoms with Crippen molar-refractivity contribution < 1.29 is 4.74 Å². The molecule has 0 amide bonds.